The van der Waals surface area contributed by atoms with Crippen molar-refractivity contribution < 1.29 is 89.4 Å². The van der Waals surface area contributed by atoms with Gasteiger partial charge in [-0.3, -0.25) is 4.79 Å². The van der Waals surface area contributed by atoms with Gasteiger partial charge in [0.1, 0.15) is 73.2 Å². The summed E-state index contributed by atoms with van der Waals surface area (Å²) in [5, 5.41) is 121. The Bertz CT molecular complexity index is 2180. The molecule has 3 saturated heterocycles. The second kappa shape index (κ2) is 65.9. The van der Waals surface area contributed by atoms with Crippen molar-refractivity contribution in [2.24, 2.45) is 0 Å². The molecule has 19 nitrogen and oxygen atoms in total. The van der Waals surface area contributed by atoms with E-state index < -0.39 is 124 Å². The Morgan fingerprint density at radius 3 is 1.03 bits per heavy atom. The van der Waals surface area contributed by atoms with Gasteiger partial charge in [-0.25, -0.2) is 0 Å². The van der Waals surface area contributed by atoms with Crippen molar-refractivity contribution in [3.63, 3.8) is 0 Å². The summed E-state index contributed by atoms with van der Waals surface area (Å²) in [6, 6.07) is -0.977. The number of hydrogen-bond acceptors (Lipinski definition) is 18. The first-order valence-electron chi connectivity index (χ1n) is 42.7. The van der Waals surface area contributed by atoms with Gasteiger partial charge in [0.2, 0.25) is 5.91 Å². The van der Waals surface area contributed by atoms with E-state index in [0.29, 0.717) is 6.42 Å². The Morgan fingerprint density at radius 2 is 0.657 bits per heavy atom. The zero-order valence-electron chi connectivity index (χ0n) is 65.7. The number of amides is 1. The highest BCUT2D eigenvalue weighted by atomic mass is 16.8. The third kappa shape index (κ3) is 45.4. The third-order valence-corrected chi connectivity index (χ3v) is 21.0. The van der Waals surface area contributed by atoms with Crippen molar-refractivity contribution in [2.75, 3.05) is 26.4 Å². The lowest BCUT2D eigenvalue weighted by Gasteiger charge is -2.48. The smallest absolute Gasteiger partial charge is 0.220 e. The maximum absolute atomic E-state index is 13.5. The average Bonchev–Trinajstić information content (AvgIpc) is 0.780. The van der Waals surface area contributed by atoms with Crippen molar-refractivity contribution in [3.8, 4) is 0 Å². The summed E-state index contributed by atoms with van der Waals surface area (Å²) in [6.45, 7) is 1.67. The van der Waals surface area contributed by atoms with Gasteiger partial charge in [0, 0.05) is 6.42 Å². The monoisotopic (exact) mass is 1490 g/mol. The van der Waals surface area contributed by atoms with Gasteiger partial charge in [0.15, 0.2) is 18.9 Å². The molecule has 0 spiro atoms. The fourth-order valence-corrected chi connectivity index (χ4v) is 14.2. The number of aliphatic hydroxyl groups is 11. The molecule has 17 atom stereocenters. The zero-order chi connectivity index (χ0) is 76.0. The Hall–Kier alpha value is -2.77. The SMILES string of the molecule is CC/C=C\C/C=C\C/C=C\C/C=C\C/C=C\CCCCCCCCCCCCCCCCCCCC(=O)NC(COC1OC(CO)C(OC2OC(CO)C(OC3OC(CO)C(O)C(O)C3O)C(O)C2O)C(O)C1O)C(O)/C=C/CCCCCCCCCCCCCCCCCCCCCCCCCCC. The van der Waals surface area contributed by atoms with E-state index in [-0.39, 0.29) is 18.9 Å². The topological polar surface area (TPSA) is 307 Å². The molecule has 3 rings (SSSR count). The first kappa shape index (κ1) is 96.4. The van der Waals surface area contributed by atoms with Gasteiger partial charge < -0.3 is 89.9 Å². The lowest BCUT2D eigenvalue weighted by molar-refractivity contribution is -0.379. The standard InChI is InChI=1S/C86H155NO18/c1-3-5-7-9-11-13-15-17-19-21-23-25-27-29-31-32-33-34-35-36-38-40-42-44-46-48-50-52-54-56-58-60-62-64-74(92)87-69(70(91)63-61-59-57-55-53-51-49-47-45-43-41-39-37-30-28-26-24-22-20-18-16-14-12-10-8-6-4-2)68-100-84-80(98)77(95)82(72(66-89)102-84)105-86-81(99)78(96)83(73(67-90)103-86)104-85-79(97)76(94)75(93)71(65-88)101-85/h5,7,11,13,17,19,23,25,29,31,61,63,69-73,75-86,88-91,93-99H,3-4,6,8-10,12,14-16,18,20-22,24,26-28,30,32-60,62,64-68H2,1-2H3,(H,87,92)/b7-5-,13-11-,19-17-,25-23-,31-29-,63-61+. The minimum absolute atomic E-state index is 0.243. The Morgan fingerprint density at radius 1 is 0.352 bits per heavy atom. The molecule has 3 aliphatic heterocycles. The van der Waals surface area contributed by atoms with E-state index in [1.165, 1.54) is 231 Å². The predicted molar refractivity (Wildman–Crippen MR) is 420 cm³/mol. The number of aliphatic hydroxyl groups excluding tert-OH is 11. The second-order valence-electron chi connectivity index (χ2n) is 30.3. The minimum atomic E-state index is -1.98. The highest BCUT2D eigenvalue weighted by Crippen LogP contribution is 2.33. The zero-order valence-corrected chi connectivity index (χ0v) is 65.7. The van der Waals surface area contributed by atoms with E-state index in [4.69, 9.17) is 28.4 Å². The Kier molecular flexibility index (Phi) is 60.5. The minimum Gasteiger partial charge on any atom is -0.394 e. The van der Waals surface area contributed by atoms with E-state index in [1.807, 2.05) is 6.08 Å². The number of rotatable bonds is 68. The van der Waals surface area contributed by atoms with Crippen LogP contribution in [0.15, 0.2) is 72.9 Å². The molecule has 0 saturated carbocycles. The van der Waals surface area contributed by atoms with Crippen LogP contribution in [0.1, 0.15) is 335 Å². The molecular weight excluding hydrogens is 1330 g/mol. The molecule has 0 aliphatic carbocycles. The second-order valence-corrected chi connectivity index (χ2v) is 30.3. The van der Waals surface area contributed by atoms with Gasteiger partial charge in [0.05, 0.1) is 38.6 Å². The van der Waals surface area contributed by atoms with E-state index in [9.17, 15) is 61.0 Å². The first-order valence-corrected chi connectivity index (χ1v) is 42.7. The van der Waals surface area contributed by atoms with Crippen molar-refractivity contribution in [2.45, 2.75) is 439 Å². The van der Waals surface area contributed by atoms with Crippen molar-refractivity contribution in [1.29, 1.82) is 0 Å². The molecule has 17 unspecified atom stereocenters. The fraction of sp³-hybridized carbons (Fsp3) is 0.849. The molecule has 0 aromatic rings. The summed E-state index contributed by atoms with van der Waals surface area (Å²) in [7, 11) is 0. The van der Waals surface area contributed by atoms with Crippen molar-refractivity contribution >= 4 is 5.91 Å². The third-order valence-electron chi connectivity index (χ3n) is 21.0. The van der Waals surface area contributed by atoms with Gasteiger partial charge in [0.25, 0.3) is 0 Å². The van der Waals surface area contributed by atoms with Crippen LogP contribution < -0.4 is 5.32 Å². The van der Waals surface area contributed by atoms with E-state index in [2.05, 4.69) is 79.9 Å². The van der Waals surface area contributed by atoms with Crippen LogP contribution in [0.2, 0.25) is 0 Å². The number of hydrogen-bond donors (Lipinski definition) is 12. The summed E-state index contributed by atoms with van der Waals surface area (Å²) in [5.74, 6) is -0.272. The van der Waals surface area contributed by atoms with Gasteiger partial charge in [-0.15, -0.1) is 0 Å². The van der Waals surface area contributed by atoms with Crippen LogP contribution in [-0.2, 0) is 33.2 Å². The number of ether oxygens (including phenoxy) is 6. The molecule has 1 amide bonds. The van der Waals surface area contributed by atoms with Crippen LogP contribution in [0.4, 0.5) is 0 Å². The van der Waals surface area contributed by atoms with Gasteiger partial charge in [-0.2, -0.15) is 0 Å². The first-order chi connectivity index (χ1) is 51.3. The largest absolute Gasteiger partial charge is 0.394 e. The van der Waals surface area contributed by atoms with Gasteiger partial charge >= 0.3 is 0 Å². The van der Waals surface area contributed by atoms with Crippen molar-refractivity contribution in [1.82, 2.24) is 5.32 Å². The lowest BCUT2D eigenvalue weighted by Crippen LogP contribution is -2.66. The van der Waals surface area contributed by atoms with E-state index in [1.54, 1.807) is 6.08 Å². The lowest BCUT2D eigenvalue weighted by atomic mass is 9.96. The number of nitrogens with one attached hydrogen (secondary N) is 1. The molecule has 0 bridgehead atoms. The molecule has 105 heavy (non-hydrogen) atoms. The summed E-state index contributed by atoms with van der Waals surface area (Å²) < 4.78 is 34.5. The molecular formula is C86H155NO18. The summed E-state index contributed by atoms with van der Waals surface area (Å²) >= 11 is 0. The quantitative estimate of drug-likeness (QED) is 0.0199. The van der Waals surface area contributed by atoms with Crippen LogP contribution in [0, 0.1) is 0 Å². The van der Waals surface area contributed by atoms with Crippen molar-refractivity contribution in [3.05, 3.63) is 72.9 Å². The van der Waals surface area contributed by atoms with Crippen LogP contribution in [0.3, 0.4) is 0 Å². The molecule has 0 aromatic heterocycles. The molecule has 0 radical (unpaired) electrons. The fourth-order valence-electron chi connectivity index (χ4n) is 14.2. The van der Waals surface area contributed by atoms with Gasteiger partial charge in [-0.05, 0) is 64.2 Å². The normalized spacial score (nSPS) is 26.1. The number of unbranched alkanes of at least 4 members (excludes halogenated alkanes) is 42. The summed E-state index contributed by atoms with van der Waals surface area (Å²) in [6.07, 6.45) is 60.3. The Labute approximate surface area is 636 Å². The molecule has 12 N–H and O–H groups in total. The molecule has 0 aromatic carbocycles. The number of carbonyl (C=O) groups excluding carboxylic acids is 1. The maximum Gasteiger partial charge on any atom is 0.220 e. The van der Waals surface area contributed by atoms with E-state index >= 15 is 0 Å². The summed E-state index contributed by atoms with van der Waals surface area (Å²) in [4.78, 5) is 13.5. The van der Waals surface area contributed by atoms with E-state index in [0.717, 1.165) is 77.0 Å². The average molecular weight is 1490 g/mol. The van der Waals surface area contributed by atoms with Crippen LogP contribution in [0.5, 0.6) is 0 Å². The maximum atomic E-state index is 13.5. The summed E-state index contributed by atoms with van der Waals surface area (Å²) in [5.41, 5.74) is 0. The molecule has 3 fully saturated rings. The molecule has 19 heteroatoms. The van der Waals surface area contributed by atoms with Crippen LogP contribution in [0.25, 0.3) is 0 Å². The number of allylic oxidation sites excluding steroid dienone is 11. The highest BCUT2D eigenvalue weighted by molar-refractivity contribution is 5.76. The molecule has 3 aliphatic rings. The predicted octanol–water partition coefficient (Wildman–Crippen LogP) is 15.2. The van der Waals surface area contributed by atoms with Crippen LogP contribution in [-0.4, -0.2) is 193 Å². The molecule has 612 valence electrons. The van der Waals surface area contributed by atoms with Crippen LogP contribution >= 0.6 is 0 Å². The highest BCUT2D eigenvalue weighted by Gasteiger charge is 2.54. The molecule has 3 heterocycles. The Balaban J connectivity index is 1.35. The number of carbonyl (C=O) groups is 1. The van der Waals surface area contributed by atoms with Gasteiger partial charge in [-0.1, -0.05) is 337 Å².